The number of benzene rings is 7. The van der Waals surface area contributed by atoms with Gasteiger partial charge >= 0.3 is 0 Å². The van der Waals surface area contributed by atoms with Crippen molar-refractivity contribution in [3.05, 3.63) is 186 Å². The summed E-state index contributed by atoms with van der Waals surface area (Å²) in [6, 6.07) is 54.3. The molecule has 0 unspecified atom stereocenters. The van der Waals surface area contributed by atoms with Gasteiger partial charge in [-0.2, -0.15) is 0 Å². The molecule has 2 heterocycles. The Hall–Kier alpha value is -6.32. The second kappa shape index (κ2) is 9.37. The third-order valence-electron chi connectivity index (χ3n) is 10.7. The minimum Gasteiger partial charge on any atom is -0.309 e. The highest BCUT2D eigenvalue weighted by molar-refractivity contribution is 6.12. The van der Waals surface area contributed by atoms with Crippen LogP contribution in [0.2, 0.25) is 0 Å². The molecule has 3 nitrogen and oxygen atoms in total. The van der Waals surface area contributed by atoms with Crippen molar-refractivity contribution in [2.24, 2.45) is 0 Å². The number of nitrogens with zero attached hydrogens (tertiary/aromatic N) is 3. The lowest BCUT2D eigenvalue weighted by Crippen LogP contribution is -2.25. The lowest BCUT2D eigenvalue weighted by atomic mass is 9.70. The van der Waals surface area contributed by atoms with Gasteiger partial charge in [-0.1, -0.05) is 109 Å². The molecule has 0 N–H and O–H groups in total. The van der Waals surface area contributed by atoms with E-state index in [1.807, 2.05) is 6.20 Å². The lowest BCUT2D eigenvalue weighted by molar-refractivity contribution is 0.795. The second-order valence-electron chi connectivity index (χ2n) is 13.0. The summed E-state index contributed by atoms with van der Waals surface area (Å²) in [5.41, 5.74) is 15.9. The van der Waals surface area contributed by atoms with E-state index in [1.54, 1.807) is 12.4 Å². The van der Waals surface area contributed by atoms with Crippen molar-refractivity contribution < 1.29 is 0 Å². The maximum absolute atomic E-state index is 4.51. The summed E-state index contributed by atoms with van der Waals surface area (Å²) in [4.78, 5) is 8.78. The summed E-state index contributed by atoms with van der Waals surface area (Å²) >= 11 is 0. The Balaban J connectivity index is 1.20. The van der Waals surface area contributed by atoms with E-state index in [0.717, 1.165) is 16.9 Å². The van der Waals surface area contributed by atoms with E-state index < -0.39 is 0 Å². The first kappa shape index (κ1) is 25.8. The highest BCUT2D eigenvalue weighted by Gasteiger charge is 2.51. The number of aromatic nitrogens is 3. The Kier molecular flexibility index (Phi) is 5.04. The number of fused-ring (bicyclic) bond motifs is 14. The molecule has 2 aliphatic carbocycles. The van der Waals surface area contributed by atoms with E-state index in [-0.39, 0.29) is 5.41 Å². The van der Waals surface area contributed by atoms with Gasteiger partial charge in [-0.25, -0.2) is 0 Å². The SMILES string of the molecule is c1ccc2c(c1)-c1ccccc1C21c2ccccc2-c2cc3c(cc21)c1ccccc1n3-c1ccc2cc(-c3cnccn3)ccc2c1. The lowest BCUT2D eigenvalue weighted by Gasteiger charge is -2.30. The van der Waals surface area contributed by atoms with Gasteiger partial charge in [-0.15, -0.1) is 0 Å². The molecule has 0 atom stereocenters. The quantitative estimate of drug-likeness (QED) is 0.195. The zero-order chi connectivity index (χ0) is 31.4. The van der Waals surface area contributed by atoms with Gasteiger partial charge < -0.3 is 4.57 Å². The number of rotatable bonds is 2. The van der Waals surface area contributed by atoms with Gasteiger partial charge in [-0.05, 0) is 91.7 Å². The van der Waals surface area contributed by atoms with Gasteiger partial charge in [0.2, 0.25) is 0 Å². The zero-order valence-corrected chi connectivity index (χ0v) is 25.9. The molecule has 0 bridgehead atoms. The summed E-state index contributed by atoms with van der Waals surface area (Å²) in [6.07, 6.45) is 5.27. The summed E-state index contributed by atoms with van der Waals surface area (Å²) in [5, 5.41) is 4.91. The van der Waals surface area contributed by atoms with Crippen molar-refractivity contribution in [3.63, 3.8) is 0 Å². The highest BCUT2D eigenvalue weighted by Crippen LogP contribution is 2.63. The third-order valence-corrected chi connectivity index (χ3v) is 10.7. The largest absolute Gasteiger partial charge is 0.309 e. The van der Waals surface area contributed by atoms with Gasteiger partial charge in [0.15, 0.2) is 0 Å². The molecule has 2 aliphatic rings. The van der Waals surface area contributed by atoms with Gasteiger partial charge in [0.1, 0.15) is 0 Å². The van der Waals surface area contributed by atoms with Crippen LogP contribution in [-0.4, -0.2) is 14.5 Å². The molecular weight excluding hydrogens is 583 g/mol. The van der Waals surface area contributed by atoms with E-state index in [9.17, 15) is 0 Å². The molecule has 0 radical (unpaired) electrons. The predicted molar refractivity (Wildman–Crippen MR) is 196 cm³/mol. The molecule has 0 saturated carbocycles. The molecule has 0 amide bonds. The Bertz CT molecular complexity index is 2740. The van der Waals surface area contributed by atoms with Crippen LogP contribution in [-0.2, 0) is 5.41 Å². The maximum Gasteiger partial charge on any atom is 0.0885 e. The van der Waals surface area contributed by atoms with Crippen LogP contribution in [0, 0.1) is 0 Å². The van der Waals surface area contributed by atoms with Gasteiger partial charge in [0.25, 0.3) is 0 Å². The van der Waals surface area contributed by atoms with Crippen LogP contribution in [0.1, 0.15) is 22.3 Å². The fourth-order valence-corrected chi connectivity index (χ4v) is 8.81. The molecule has 3 heteroatoms. The summed E-state index contributed by atoms with van der Waals surface area (Å²) in [6.45, 7) is 0. The highest BCUT2D eigenvalue weighted by atomic mass is 15.0. The maximum atomic E-state index is 4.51. The van der Waals surface area contributed by atoms with Crippen LogP contribution in [0.25, 0.3) is 71.8 Å². The van der Waals surface area contributed by atoms with Crippen LogP contribution < -0.4 is 0 Å². The molecule has 0 fully saturated rings. The van der Waals surface area contributed by atoms with Gasteiger partial charge in [-0.3, -0.25) is 9.97 Å². The molecule has 7 aromatic carbocycles. The average molecular weight is 610 g/mol. The molecule has 2 aromatic heterocycles. The van der Waals surface area contributed by atoms with Crippen LogP contribution in [0.15, 0.2) is 164 Å². The summed E-state index contributed by atoms with van der Waals surface area (Å²) in [7, 11) is 0. The third kappa shape index (κ3) is 3.22. The van der Waals surface area contributed by atoms with Crippen LogP contribution in [0.5, 0.6) is 0 Å². The standard InChI is InChI=1S/C45H27N3/c1-5-13-38-32(9-1)33-10-2-6-14-39(33)45(38)40-15-7-3-11-34(40)36-26-44-37(25-41(36)45)35-12-4-8-16-43(35)48(44)31-20-19-28-23-30(18-17-29(28)24-31)42-27-46-21-22-47-42/h1-27H. The monoisotopic (exact) mass is 609 g/mol. The first-order valence-electron chi connectivity index (χ1n) is 16.5. The number of hydrogen-bond donors (Lipinski definition) is 0. The molecule has 1 spiro atoms. The second-order valence-corrected chi connectivity index (χ2v) is 13.0. The van der Waals surface area contributed by atoms with Crippen LogP contribution in [0.4, 0.5) is 0 Å². The summed E-state index contributed by atoms with van der Waals surface area (Å²) in [5.74, 6) is 0. The first-order valence-corrected chi connectivity index (χ1v) is 16.5. The molecule has 0 aliphatic heterocycles. The van der Waals surface area contributed by atoms with E-state index in [2.05, 4.69) is 160 Å². The predicted octanol–water partition coefficient (Wildman–Crippen LogP) is 10.7. The normalized spacial score (nSPS) is 13.6. The van der Waals surface area contributed by atoms with Crippen molar-refractivity contribution in [2.45, 2.75) is 5.41 Å². The molecule has 0 saturated heterocycles. The Morgan fingerprint density at radius 2 is 1.10 bits per heavy atom. The minimum atomic E-state index is -0.361. The molecule has 48 heavy (non-hydrogen) atoms. The zero-order valence-electron chi connectivity index (χ0n) is 25.9. The first-order chi connectivity index (χ1) is 23.8. The van der Waals surface area contributed by atoms with E-state index in [1.165, 1.54) is 77.1 Å². The molecule has 222 valence electrons. The Labute approximate surface area is 277 Å². The summed E-state index contributed by atoms with van der Waals surface area (Å²) < 4.78 is 2.45. The number of para-hydroxylation sites is 1. The smallest absolute Gasteiger partial charge is 0.0885 e. The molecule has 9 aromatic rings. The van der Waals surface area contributed by atoms with Crippen molar-refractivity contribution in [2.75, 3.05) is 0 Å². The van der Waals surface area contributed by atoms with Crippen molar-refractivity contribution in [3.8, 4) is 39.2 Å². The van der Waals surface area contributed by atoms with E-state index in [4.69, 9.17) is 0 Å². The van der Waals surface area contributed by atoms with Crippen molar-refractivity contribution in [1.29, 1.82) is 0 Å². The van der Waals surface area contributed by atoms with E-state index >= 15 is 0 Å². The van der Waals surface area contributed by atoms with E-state index in [0.29, 0.717) is 0 Å². The molecular formula is C45H27N3. The van der Waals surface area contributed by atoms with Crippen LogP contribution >= 0.6 is 0 Å². The average Bonchev–Trinajstić information content (AvgIpc) is 3.75. The Morgan fingerprint density at radius 1 is 0.458 bits per heavy atom. The minimum absolute atomic E-state index is 0.361. The van der Waals surface area contributed by atoms with Crippen molar-refractivity contribution in [1.82, 2.24) is 14.5 Å². The van der Waals surface area contributed by atoms with Crippen LogP contribution in [0.3, 0.4) is 0 Å². The van der Waals surface area contributed by atoms with Crippen molar-refractivity contribution >= 4 is 32.6 Å². The Morgan fingerprint density at radius 3 is 1.83 bits per heavy atom. The fourth-order valence-electron chi connectivity index (χ4n) is 8.81. The molecule has 11 rings (SSSR count). The fraction of sp³-hybridized carbons (Fsp3) is 0.0222. The van der Waals surface area contributed by atoms with Gasteiger partial charge in [0, 0.05) is 34.4 Å². The topological polar surface area (TPSA) is 30.7 Å². The van der Waals surface area contributed by atoms with Gasteiger partial charge in [0.05, 0.1) is 28.3 Å². The number of hydrogen-bond acceptors (Lipinski definition) is 2.